The quantitative estimate of drug-likeness (QED) is 0.590. The Morgan fingerprint density at radius 1 is 1.78 bits per heavy atom. The first-order valence-corrected chi connectivity index (χ1v) is 3.00. The van der Waals surface area contributed by atoms with Crippen molar-refractivity contribution in [3.05, 3.63) is 0 Å². The Labute approximate surface area is 55.2 Å². The topological polar surface area (TPSA) is 52.3 Å². The van der Waals surface area contributed by atoms with Crippen molar-refractivity contribution >= 4 is 5.91 Å². The highest BCUT2D eigenvalue weighted by Crippen LogP contribution is 1.99. The molecule has 0 rings (SSSR count). The molecule has 0 fully saturated rings. The summed E-state index contributed by atoms with van der Waals surface area (Å²) in [6, 6.07) is 0. The van der Waals surface area contributed by atoms with Crippen molar-refractivity contribution in [2.75, 3.05) is 13.7 Å². The van der Waals surface area contributed by atoms with Gasteiger partial charge in [0.15, 0.2) is 0 Å². The van der Waals surface area contributed by atoms with Gasteiger partial charge >= 0.3 is 0 Å². The molecular formula is C6H13NO2. The summed E-state index contributed by atoms with van der Waals surface area (Å²) in [5, 5.41) is 0. The number of nitrogens with two attached hydrogens (primary N) is 1. The molecule has 0 radical (unpaired) electrons. The van der Waals surface area contributed by atoms with Gasteiger partial charge in [0.1, 0.15) is 0 Å². The molecule has 54 valence electrons. The van der Waals surface area contributed by atoms with Crippen LogP contribution in [-0.2, 0) is 9.53 Å². The van der Waals surface area contributed by atoms with E-state index in [4.69, 9.17) is 10.5 Å². The Kier molecular flexibility index (Phi) is 4.05. The van der Waals surface area contributed by atoms with Crippen LogP contribution in [0.2, 0.25) is 0 Å². The van der Waals surface area contributed by atoms with Crippen LogP contribution < -0.4 is 5.73 Å². The normalized spacial score (nSPS) is 13.1. The summed E-state index contributed by atoms with van der Waals surface area (Å²) >= 11 is 0. The van der Waals surface area contributed by atoms with E-state index in [0.717, 1.165) is 6.42 Å². The lowest BCUT2D eigenvalue weighted by Crippen LogP contribution is -2.26. The van der Waals surface area contributed by atoms with E-state index >= 15 is 0 Å². The molecule has 3 heteroatoms. The summed E-state index contributed by atoms with van der Waals surface area (Å²) in [6.07, 6.45) is 0.753. The molecule has 0 aromatic rings. The van der Waals surface area contributed by atoms with Gasteiger partial charge in [-0.2, -0.15) is 0 Å². The molecule has 3 nitrogen and oxygen atoms in total. The summed E-state index contributed by atoms with van der Waals surface area (Å²) in [7, 11) is 1.56. The predicted molar refractivity (Wildman–Crippen MR) is 34.9 cm³/mol. The highest BCUT2D eigenvalue weighted by Gasteiger charge is 2.10. The van der Waals surface area contributed by atoms with Crippen molar-refractivity contribution in [2.45, 2.75) is 13.3 Å². The molecule has 2 N–H and O–H groups in total. The smallest absolute Gasteiger partial charge is 0.222 e. The molecule has 0 saturated carbocycles. The third-order valence-electron chi connectivity index (χ3n) is 1.26. The van der Waals surface area contributed by atoms with Crippen LogP contribution in [0.25, 0.3) is 0 Å². The van der Waals surface area contributed by atoms with Gasteiger partial charge < -0.3 is 10.5 Å². The monoisotopic (exact) mass is 131 g/mol. The first-order chi connectivity index (χ1) is 4.22. The van der Waals surface area contributed by atoms with Crippen LogP contribution in [0.15, 0.2) is 0 Å². The molecule has 1 amide bonds. The van der Waals surface area contributed by atoms with Crippen LogP contribution >= 0.6 is 0 Å². The molecule has 0 aliphatic carbocycles. The van der Waals surface area contributed by atoms with Crippen molar-refractivity contribution in [1.82, 2.24) is 0 Å². The fourth-order valence-electron chi connectivity index (χ4n) is 0.602. The molecule has 0 bridgehead atoms. The average Bonchev–Trinajstić information content (AvgIpc) is 1.82. The van der Waals surface area contributed by atoms with Gasteiger partial charge in [0.2, 0.25) is 5.91 Å². The molecule has 0 aliphatic heterocycles. The lowest BCUT2D eigenvalue weighted by molar-refractivity contribution is -0.123. The third-order valence-corrected chi connectivity index (χ3v) is 1.26. The SMILES string of the molecule is CC[C@@H](COC)C(N)=O. The Morgan fingerprint density at radius 2 is 2.33 bits per heavy atom. The second-order valence-electron chi connectivity index (χ2n) is 1.96. The fourth-order valence-corrected chi connectivity index (χ4v) is 0.602. The molecule has 0 spiro atoms. The zero-order chi connectivity index (χ0) is 7.28. The zero-order valence-electron chi connectivity index (χ0n) is 5.89. The standard InChI is InChI=1S/C6H13NO2/c1-3-5(4-9-2)6(7)8/h5H,3-4H2,1-2H3,(H2,7,8)/t5-/m0/s1. The second-order valence-corrected chi connectivity index (χ2v) is 1.96. The Balaban J connectivity index is 3.54. The van der Waals surface area contributed by atoms with Gasteiger partial charge in [-0.25, -0.2) is 0 Å². The fraction of sp³-hybridized carbons (Fsp3) is 0.833. The molecule has 0 aromatic heterocycles. The lowest BCUT2D eigenvalue weighted by atomic mass is 10.1. The largest absolute Gasteiger partial charge is 0.384 e. The van der Waals surface area contributed by atoms with E-state index in [1.807, 2.05) is 6.92 Å². The highest BCUT2D eigenvalue weighted by molar-refractivity contribution is 5.76. The van der Waals surface area contributed by atoms with Crippen LogP contribution in [0.5, 0.6) is 0 Å². The van der Waals surface area contributed by atoms with Gasteiger partial charge in [-0.1, -0.05) is 6.92 Å². The van der Waals surface area contributed by atoms with Gasteiger partial charge in [-0.05, 0) is 6.42 Å². The maximum Gasteiger partial charge on any atom is 0.222 e. The van der Waals surface area contributed by atoms with Crippen LogP contribution in [-0.4, -0.2) is 19.6 Å². The van der Waals surface area contributed by atoms with Crippen molar-refractivity contribution < 1.29 is 9.53 Å². The van der Waals surface area contributed by atoms with Gasteiger partial charge in [0.05, 0.1) is 12.5 Å². The number of carbonyl (C=O) groups excluding carboxylic acids is 1. The van der Waals surface area contributed by atoms with Crippen LogP contribution in [0.3, 0.4) is 0 Å². The van der Waals surface area contributed by atoms with E-state index in [2.05, 4.69) is 0 Å². The minimum Gasteiger partial charge on any atom is -0.384 e. The minimum atomic E-state index is -0.278. The van der Waals surface area contributed by atoms with E-state index in [-0.39, 0.29) is 11.8 Å². The molecule has 9 heavy (non-hydrogen) atoms. The van der Waals surface area contributed by atoms with Crippen LogP contribution in [0, 0.1) is 5.92 Å². The third kappa shape index (κ3) is 3.08. The number of hydrogen-bond acceptors (Lipinski definition) is 2. The molecule has 1 atom stereocenters. The summed E-state index contributed by atoms with van der Waals surface area (Å²) in [6.45, 7) is 2.35. The first kappa shape index (κ1) is 8.43. The van der Waals surface area contributed by atoms with Crippen molar-refractivity contribution in [2.24, 2.45) is 11.7 Å². The summed E-state index contributed by atoms with van der Waals surface area (Å²) < 4.78 is 4.76. The maximum absolute atomic E-state index is 10.5. The second kappa shape index (κ2) is 4.32. The minimum absolute atomic E-state index is 0.116. The number of primary amides is 1. The number of carbonyl (C=O) groups is 1. The van der Waals surface area contributed by atoms with Gasteiger partial charge in [-0.15, -0.1) is 0 Å². The number of hydrogen-bond donors (Lipinski definition) is 1. The van der Waals surface area contributed by atoms with E-state index < -0.39 is 0 Å². The van der Waals surface area contributed by atoms with Crippen LogP contribution in [0.4, 0.5) is 0 Å². The predicted octanol–water partition coefficient (Wildman–Crippen LogP) is 0.144. The number of ether oxygens (including phenoxy) is 1. The van der Waals surface area contributed by atoms with Crippen molar-refractivity contribution in [1.29, 1.82) is 0 Å². The van der Waals surface area contributed by atoms with E-state index in [0.29, 0.717) is 6.61 Å². The van der Waals surface area contributed by atoms with Gasteiger partial charge in [0.25, 0.3) is 0 Å². The van der Waals surface area contributed by atoms with Crippen molar-refractivity contribution in [3.8, 4) is 0 Å². The van der Waals surface area contributed by atoms with E-state index in [1.165, 1.54) is 0 Å². The molecule has 0 aliphatic rings. The first-order valence-electron chi connectivity index (χ1n) is 3.00. The summed E-state index contributed by atoms with van der Waals surface area (Å²) in [4.78, 5) is 10.5. The highest BCUT2D eigenvalue weighted by atomic mass is 16.5. The Hall–Kier alpha value is -0.570. The average molecular weight is 131 g/mol. The molecule has 0 aromatic carbocycles. The lowest BCUT2D eigenvalue weighted by Gasteiger charge is -2.07. The molecule has 0 heterocycles. The van der Waals surface area contributed by atoms with E-state index in [1.54, 1.807) is 7.11 Å². The van der Waals surface area contributed by atoms with Gasteiger partial charge in [-0.3, -0.25) is 4.79 Å². The number of methoxy groups -OCH3 is 1. The van der Waals surface area contributed by atoms with Gasteiger partial charge in [0, 0.05) is 7.11 Å². The molecule has 0 unspecified atom stereocenters. The Bertz CT molecular complexity index is 93.1. The number of amides is 1. The molecular weight excluding hydrogens is 118 g/mol. The van der Waals surface area contributed by atoms with Crippen molar-refractivity contribution in [3.63, 3.8) is 0 Å². The molecule has 0 saturated heterocycles. The zero-order valence-corrected chi connectivity index (χ0v) is 5.89. The van der Waals surface area contributed by atoms with E-state index in [9.17, 15) is 4.79 Å². The summed E-state index contributed by atoms with van der Waals surface area (Å²) in [5.41, 5.74) is 5.01. The Morgan fingerprint density at radius 3 is 2.44 bits per heavy atom. The summed E-state index contributed by atoms with van der Waals surface area (Å²) in [5.74, 6) is -0.394. The number of rotatable bonds is 4. The van der Waals surface area contributed by atoms with Crippen LogP contribution in [0.1, 0.15) is 13.3 Å². The maximum atomic E-state index is 10.5.